The van der Waals surface area contributed by atoms with Crippen molar-refractivity contribution in [2.75, 3.05) is 26.3 Å². The van der Waals surface area contributed by atoms with E-state index in [1.54, 1.807) is 19.3 Å². The fourth-order valence-electron chi connectivity index (χ4n) is 3.97. The average molecular weight is 376 g/mol. The zero-order valence-corrected chi connectivity index (χ0v) is 15.9. The Hall–Kier alpha value is -2.19. The van der Waals surface area contributed by atoms with Crippen LogP contribution in [-0.4, -0.2) is 65.7 Å². The quantitative estimate of drug-likeness (QED) is 0.747. The molecule has 0 aliphatic carbocycles. The number of likely N-dealkylation sites (N-methyl/N-ethyl adjacent to an activating group) is 1. The summed E-state index contributed by atoms with van der Waals surface area (Å²) in [6.45, 7) is 4.47. The van der Waals surface area contributed by atoms with Gasteiger partial charge in [-0.05, 0) is 38.3 Å². The average Bonchev–Trinajstić information content (AvgIpc) is 3.08. The SMILES string of the molecule is CCNC(=O)[C@@H]1C[C@H](NC(=O)c2cccn(C)c2=O)CN1C1CCOCC1. The van der Waals surface area contributed by atoms with Crippen molar-refractivity contribution in [1.82, 2.24) is 20.1 Å². The standard InChI is InChI=1S/C19H28N4O4/c1-3-20-18(25)16-11-13(12-23(16)14-6-9-27-10-7-14)21-17(24)15-5-4-8-22(2)19(15)26/h4-5,8,13-14,16H,3,6-7,9-12H2,1-2H3,(H,20,25)(H,21,24)/t13-,16-/m0/s1. The number of nitrogens with zero attached hydrogens (tertiary/aromatic N) is 2. The highest BCUT2D eigenvalue weighted by molar-refractivity contribution is 5.94. The van der Waals surface area contributed by atoms with Crippen LogP contribution in [0.15, 0.2) is 23.1 Å². The number of carbonyl (C=O) groups excluding carboxylic acids is 2. The van der Waals surface area contributed by atoms with Crippen molar-refractivity contribution in [1.29, 1.82) is 0 Å². The maximum Gasteiger partial charge on any atom is 0.263 e. The summed E-state index contributed by atoms with van der Waals surface area (Å²) in [5, 5.41) is 5.85. The minimum atomic E-state index is -0.385. The predicted octanol–water partition coefficient (Wildman–Crippen LogP) is -0.127. The maximum atomic E-state index is 12.6. The summed E-state index contributed by atoms with van der Waals surface area (Å²) in [6, 6.07) is 3.05. The van der Waals surface area contributed by atoms with E-state index in [0.29, 0.717) is 32.7 Å². The van der Waals surface area contributed by atoms with Crippen molar-refractivity contribution in [3.63, 3.8) is 0 Å². The Morgan fingerprint density at radius 1 is 1.30 bits per heavy atom. The van der Waals surface area contributed by atoms with E-state index in [1.807, 2.05) is 6.92 Å². The zero-order valence-electron chi connectivity index (χ0n) is 15.9. The number of hydrogen-bond acceptors (Lipinski definition) is 5. The van der Waals surface area contributed by atoms with E-state index in [9.17, 15) is 14.4 Å². The summed E-state index contributed by atoms with van der Waals surface area (Å²) in [7, 11) is 1.62. The van der Waals surface area contributed by atoms with Gasteiger partial charge in [-0.1, -0.05) is 0 Å². The number of aromatic nitrogens is 1. The van der Waals surface area contributed by atoms with Gasteiger partial charge in [-0.2, -0.15) is 0 Å². The van der Waals surface area contributed by atoms with Crippen molar-refractivity contribution in [2.45, 2.75) is 44.3 Å². The van der Waals surface area contributed by atoms with E-state index >= 15 is 0 Å². The minimum absolute atomic E-state index is 0.00336. The first-order valence-electron chi connectivity index (χ1n) is 9.59. The molecule has 27 heavy (non-hydrogen) atoms. The topological polar surface area (TPSA) is 92.7 Å². The van der Waals surface area contributed by atoms with Crippen molar-refractivity contribution in [3.05, 3.63) is 34.2 Å². The smallest absolute Gasteiger partial charge is 0.263 e. The number of rotatable bonds is 5. The number of nitrogens with one attached hydrogen (secondary N) is 2. The Morgan fingerprint density at radius 3 is 2.74 bits per heavy atom. The van der Waals surface area contributed by atoms with Gasteiger partial charge in [0.25, 0.3) is 11.5 Å². The number of likely N-dealkylation sites (tertiary alicyclic amines) is 1. The minimum Gasteiger partial charge on any atom is -0.381 e. The normalized spacial score (nSPS) is 23.9. The van der Waals surface area contributed by atoms with Gasteiger partial charge in [-0.25, -0.2) is 0 Å². The lowest BCUT2D eigenvalue weighted by atomic mass is 10.1. The van der Waals surface area contributed by atoms with Crippen LogP contribution >= 0.6 is 0 Å². The molecule has 2 saturated heterocycles. The maximum absolute atomic E-state index is 12.6. The highest BCUT2D eigenvalue weighted by atomic mass is 16.5. The van der Waals surface area contributed by atoms with E-state index < -0.39 is 0 Å². The molecule has 0 saturated carbocycles. The van der Waals surface area contributed by atoms with Crippen LogP contribution in [0.25, 0.3) is 0 Å². The van der Waals surface area contributed by atoms with E-state index in [2.05, 4.69) is 15.5 Å². The van der Waals surface area contributed by atoms with Gasteiger partial charge in [0.15, 0.2) is 0 Å². The molecule has 8 heteroatoms. The molecule has 0 unspecified atom stereocenters. The van der Waals surface area contributed by atoms with Gasteiger partial charge in [-0.15, -0.1) is 0 Å². The van der Waals surface area contributed by atoms with E-state index in [-0.39, 0.29) is 41.1 Å². The van der Waals surface area contributed by atoms with Crippen LogP contribution in [0.2, 0.25) is 0 Å². The Morgan fingerprint density at radius 2 is 2.04 bits per heavy atom. The third-order valence-electron chi connectivity index (χ3n) is 5.36. The molecule has 1 aromatic rings. The van der Waals surface area contributed by atoms with Gasteiger partial charge in [0, 0.05) is 51.6 Å². The van der Waals surface area contributed by atoms with Crippen LogP contribution in [0.4, 0.5) is 0 Å². The molecule has 0 bridgehead atoms. The largest absolute Gasteiger partial charge is 0.381 e. The van der Waals surface area contributed by atoms with E-state index in [4.69, 9.17) is 4.74 Å². The Labute approximate surface area is 158 Å². The molecule has 0 spiro atoms. The number of hydrogen-bond donors (Lipinski definition) is 2. The molecule has 2 amide bonds. The molecular weight excluding hydrogens is 348 g/mol. The summed E-state index contributed by atoms with van der Waals surface area (Å²) >= 11 is 0. The van der Waals surface area contributed by atoms with Gasteiger partial charge in [0.2, 0.25) is 5.91 Å². The molecule has 8 nitrogen and oxygen atoms in total. The predicted molar refractivity (Wildman–Crippen MR) is 101 cm³/mol. The lowest BCUT2D eigenvalue weighted by Gasteiger charge is -2.34. The second kappa shape index (κ2) is 8.67. The van der Waals surface area contributed by atoms with Crippen molar-refractivity contribution in [3.8, 4) is 0 Å². The lowest BCUT2D eigenvalue weighted by Crippen LogP contribution is -2.49. The second-order valence-electron chi connectivity index (χ2n) is 7.19. The first kappa shape index (κ1) is 19.6. The fourth-order valence-corrected chi connectivity index (χ4v) is 3.97. The van der Waals surface area contributed by atoms with Gasteiger partial charge in [0.1, 0.15) is 5.56 Å². The van der Waals surface area contributed by atoms with Gasteiger partial charge >= 0.3 is 0 Å². The second-order valence-corrected chi connectivity index (χ2v) is 7.19. The first-order chi connectivity index (χ1) is 13.0. The van der Waals surface area contributed by atoms with Crippen LogP contribution in [0.5, 0.6) is 0 Å². The van der Waals surface area contributed by atoms with E-state index in [1.165, 1.54) is 10.6 Å². The highest BCUT2D eigenvalue weighted by Gasteiger charge is 2.41. The Balaban J connectivity index is 1.72. The molecule has 0 radical (unpaired) electrons. The molecule has 3 heterocycles. The summed E-state index contributed by atoms with van der Waals surface area (Å²) in [4.78, 5) is 39.5. The van der Waals surface area contributed by atoms with Gasteiger partial charge in [0.05, 0.1) is 6.04 Å². The van der Waals surface area contributed by atoms with Crippen LogP contribution in [0.1, 0.15) is 36.5 Å². The third-order valence-corrected chi connectivity index (χ3v) is 5.36. The number of amides is 2. The van der Waals surface area contributed by atoms with E-state index in [0.717, 1.165) is 12.8 Å². The molecule has 2 fully saturated rings. The highest BCUT2D eigenvalue weighted by Crippen LogP contribution is 2.26. The number of pyridine rings is 1. The number of carbonyl (C=O) groups is 2. The Kier molecular flexibility index (Phi) is 6.28. The monoisotopic (exact) mass is 376 g/mol. The Bertz CT molecular complexity index is 741. The summed E-state index contributed by atoms with van der Waals surface area (Å²) in [6.07, 6.45) is 3.93. The van der Waals surface area contributed by atoms with Crippen molar-refractivity contribution < 1.29 is 14.3 Å². The van der Waals surface area contributed by atoms with Crippen LogP contribution < -0.4 is 16.2 Å². The lowest BCUT2D eigenvalue weighted by molar-refractivity contribution is -0.126. The molecule has 148 valence electrons. The molecule has 2 aliphatic heterocycles. The summed E-state index contributed by atoms with van der Waals surface area (Å²) in [5.41, 5.74) is -0.200. The molecular formula is C19H28N4O4. The molecule has 1 aromatic heterocycles. The first-order valence-corrected chi connectivity index (χ1v) is 9.59. The summed E-state index contributed by atoms with van der Waals surface area (Å²) in [5.74, 6) is -0.388. The summed E-state index contributed by atoms with van der Waals surface area (Å²) < 4.78 is 6.83. The van der Waals surface area contributed by atoms with Crippen LogP contribution in [0, 0.1) is 0 Å². The van der Waals surface area contributed by atoms with Gasteiger partial charge < -0.3 is 19.9 Å². The third kappa shape index (κ3) is 4.39. The van der Waals surface area contributed by atoms with Gasteiger partial charge in [-0.3, -0.25) is 19.3 Å². The fraction of sp³-hybridized carbons (Fsp3) is 0.632. The number of ether oxygens (including phenoxy) is 1. The molecule has 2 atom stereocenters. The van der Waals surface area contributed by atoms with Crippen LogP contribution in [-0.2, 0) is 16.6 Å². The zero-order chi connectivity index (χ0) is 19.4. The molecule has 2 aliphatic rings. The van der Waals surface area contributed by atoms with Crippen molar-refractivity contribution in [2.24, 2.45) is 7.05 Å². The molecule has 0 aromatic carbocycles. The number of aryl methyl sites for hydroxylation is 1. The molecule has 3 rings (SSSR count). The van der Waals surface area contributed by atoms with Crippen LogP contribution in [0.3, 0.4) is 0 Å². The van der Waals surface area contributed by atoms with Crippen molar-refractivity contribution >= 4 is 11.8 Å². The molecule has 2 N–H and O–H groups in total.